The molecule has 0 atom stereocenters. The molecule has 0 saturated heterocycles. The van der Waals surface area contributed by atoms with E-state index in [4.69, 9.17) is 9.97 Å². The maximum absolute atomic E-state index is 5.25. The Hall–Kier alpha value is -4.60. The van der Waals surface area contributed by atoms with Crippen LogP contribution in [0.5, 0.6) is 0 Å². The molecule has 3 aromatic carbocycles. The molecule has 2 aromatic heterocycles. The first-order valence-electron chi connectivity index (χ1n) is 13.6. The van der Waals surface area contributed by atoms with Crippen molar-refractivity contribution in [2.45, 2.75) is 20.8 Å². The molecule has 7 rings (SSSR count). The van der Waals surface area contributed by atoms with Crippen LogP contribution in [-0.4, -0.2) is 9.97 Å². The smallest absolute Gasteiger partial charge is 0.0730 e. The van der Waals surface area contributed by atoms with Gasteiger partial charge in [-0.2, -0.15) is 0 Å². The van der Waals surface area contributed by atoms with Gasteiger partial charge in [-0.3, -0.25) is 0 Å². The number of aryl methyl sites for hydroxylation is 3. The highest BCUT2D eigenvalue weighted by atomic mass is 32.1. The lowest BCUT2D eigenvalue weighted by Gasteiger charge is -2.05. The maximum Gasteiger partial charge on any atom is 0.0730 e. The molecule has 2 aliphatic rings. The molecule has 0 amide bonds. The summed E-state index contributed by atoms with van der Waals surface area (Å²) in [5.74, 6) is 0. The Morgan fingerprint density at radius 1 is 0.450 bits per heavy atom. The minimum atomic E-state index is 0.929. The van der Waals surface area contributed by atoms with Crippen molar-refractivity contribution in [2.75, 3.05) is 0 Å². The van der Waals surface area contributed by atoms with Crippen LogP contribution < -0.4 is 0 Å². The lowest BCUT2D eigenvalue weighted by atomic mass is 10.0. The normalized spacial score (nSPS) is 12.2. The Morgan fingerprint density at radius 2 is 0.900 bits per heavy atom. The average Bonchev–Trinajstić information content (AvgIpc) is 3.73. The monoisotopic (exact) mass is 532 g/mol. The molecular weight excluding hydrogens is 504 g/mol. The predicted molar refractivity (Wildman–Crippen MR) is 172 cm³/mol. The molecule has 2 aliphatic heterocycles. The van der Waals surface area contributed by atoms with E-state index in [-0.39, 0.29) is 0 Å². The molecule has 5 aromatic rings. The number of rotatable bonds is 3. The van der Waals surface area contributed by atoms with E-state index in [9.17, 15) is 0 Å². The third-order valence-corrected chi connectivity index (χ3v) is 8.64. The molecule has 0 fully saturated rings. The Kier molecular flexibility index (Phi) is 6.02. The molecular formula is C37H28N2S. The highest BCUT2D eigenvalue weighted by Gasteiger charge is 2.17. The quantitative estimate of drug-likeness (QED) is 0.226. The van der Waals surface area contributed by atoms with E-state index >= 15 is 0 Å². The Bertz CT molecular complexity index is 1940. The molecule has 0 spiro atoms. The molecule has 4 heterocycles. The minimum Gasteiger partial charge on any atom is -0.248 e. The van der Waals surface area contributed by atoms with E-state index in [0.29, 0.717) is 0 Å². The largest absolute Gasteiger partial charge is 0.248 e. The van der Waals surface area contributed by atoms with Crippen LogP contribution in [0.2, 0.25) is 0 Å². The Labute approximate surface area is 239 Å². The second-order valence-corrected chi connectivity index (χ2v) is 11.6. The Balaban J connectivity index is 1.62. The van der Waals surface area contributed by atoms with Crippen molar-refractivity contribution in [1.82, 2.24) is 9.97 Å². The number of aromatic nitrogens is 2. The van der Waals surface area contributed by atoms with Gasteiger partial charge < -0.3 is 0 Å². The van der Waals surface area contributed by atoms with Crippen LogP contribution in [-0.2, 0) is 0 Å². The first-order valence-corrected chi connectivity index (χ1v) is 14.4. The van der Waals surface area contributed by atoms with Gasteiger partial charge >= 0.3 is 0 Å². The average molecular weight is 533 g/mol. The van der Waals surface area contributed by atoms with Crippen molar-refractivity contribution in [2.24, 2.45) is 0 Å². The fourth-order valence-corrected chi connectivity index (χ4v) is 6.47. The zero-order valence-electron chi connectivity index (χ0n) is 22.8. The van der Waals surface area contributed by atoms with E-state index in [2.05, 4.69) is 136 Å². The second kappa shape index (κ2) is 9.86. The summed E-state index contributed by atoms with van der Waals surface area (Å²) in [6, 6.07) is 32.9. The zero-order valence-corrected chi connectivity index (χ0v) is 23.6. The molecule has 40 heavy (non-hydrogen) atoms. The van der Waals surface area contributed by atoms with Crippen LogP contribution >= 0.6 is 11.3 Å². The van der Waals surface area contributed by atoms with Gasteiger partial charge in [0.05, 0.1) is 22.8 Å². The number of hydrogen-bond acceptors (Lipinski definition) is 3. The number of fused-ring (bicyclic) bond motifs is 6. The molecule has 192 valence electrons. The molecule has 6 bridgehead atoms. The minimum absolute atomic E-state index is 0.929. The van der Waals surface area contributed by atoms with Crippen molar-refractivity contribution >= 4 is 45.0 Å². The summed E-state index contributed by atoms with van der Waals surface area (Å²) >= 11 is 1.80. The van der Waals surface area contributed by atoms with Crippen molar-refractivity contribution in [3.05, 3.63) is 130 Å². The number of benzene rings is 3. The molecule has 2 nitrogen and oxygen atoms in total. The highest BCUT2D eigenvalue weighted by Crippen LogP contribution is 2.40. The van der Waals surface area contributed by atoms with Crippen LogP contribution in [0.15, 0.2) is 91.0 Å². The predicted octanol–water partition coefficient (Wildman–Crippen LogP) is 10.3. The third-order valence-electron chi connectivity index (χ3n) is 7.52. The van der Waals surface area contributed by atoms with Gasteiger partial charge in [-0.25, -0.2) is 9.97 Å². The highest BCUT2D eigenvalue weighted by molar-refractivity contribution is 7.24. The van der Waals surface area contributed by atoms with Gasteiger partial charge in [0, 0.05) is 26.1 Å². The Morgan fingerprint density at radius 3 is 1.45 bits per heavy atom. The molecule has 3 heteroatoms. The van der Waals surface area contributed by atoms with E-state index in [0.717, 1.165) is 45.0 Å². The first-order chi connectivity index (χ1) is 19.5. The third kappa shape index (κ3) is 4.49. The van der Waals surface area contributed by atoms with Gasteiger partial charge in [-0.15, -0.1) is 11.3 Å². The molecule has 0 unspecified atom stereocenters. The van der Waals surface area contributed by atoms with Gasteiger partial charge in [-0.1, -0.05) is 89.5 Å². The summed E-state index contributed by atoms with van der Waals surface area (Å²) in [6.07, 6.45) is 8.56. The van der Waals surface area contributed by atoms with Crippen LogP contribution in [0.1, 0.15) is 39.5 Å². The molecule has 0 N–H and O–H groups in total. The number of thiophene rings is 1. The summed E-state index contributed by atoms with van der Waals surface area (Å²) in [7, 11) is 0. The fraction of sp³-hybridized carbons (Fsp3) is 0.0811. The zero-order chi connectivity index (χ0) is 27.2. The summed E-state index contributed by atoms with van der Waals surface area (Å²) < 4.78 is 2.39. The summed E-state index contributed by atoms with van der Waals surface area (Å²) in [5.41, 5.74) is 14.4. The van der Waals surface area contributed by atoms with E-state index < -0.39 is 0 Å². The van der Waals surface area contributed by atoms with Crippen molar-refractivity contribution in [3.8, 4) is 33.4 Å². The maximum atomic E-state index is 5.25. The van der Waals surface area contributed by atoms with Gasteiger partial charge in [0.2, 0.25) is 0 Å². The second-order valence-electron chi connectivity index (χ2n) is 10.5. The van der Waals surface area contributed by atoms with Crippen LogP contribution in [0, 0.1) is 20.8 Å². The molecule has 0 radical (unpaired) electrons. The van der Waals surface area contributed by atoms with Gasteiger partial charge in [0.1, 0.15) is 0 Å². The SMILES string of the molecule is Cc1ccc(-c2cc3nc(c(-c4ccc(C)cc4)c4ccc(s4)c(-c4ccc(C)cc4)c4nc2C=C4)C=C3)cc1. The van der Waals surface area contributed by atoms with Crippen LogP contribution in [0.25, 0.3) is 67.1 Å². The van der Waals surface area contributed by atoms with Gasteiger partial charge in [0.15, 0.2) is 0 Å². The van der Waals surface area contributed by atoms with Gasteiger partial charge in [-0.05, 0) is 80.0 Å². The summed E-state index contributed by atoms with van der Waals surface area (Å²) in [4.78, 5) is 10.4. The lowest BCUT2D eigenvalue weighted by Crippen LogP contribution is -1.87. The number of nitrogens with zero attached hydrogens (tertiary/aromatic N) is 2. The lowest BCUT2D eigenvalue weighted by molar-refractivity contribution is 1.30. The van der Waals surface area contributed by atoms with Crippen molar-refractivity contribution in [1.29, 1.82) is 0 Å². The topological polar surface area (TPSA) is 25.8 Å². The molecule has 0 saturated carbocycles. The van der Waals surface area contributed by atoms with Crippen LogP contribution in [0.3, 0.4) is 0 Å². The molecule has 0 aliphatic carbocycles. The van der Waals surface area contributed by atoms with E-state index in [1.54, 1.807) is 11.3 Å². The fourth-order valence-electron chi connectivity index (χ4n) is 5.31. The van der Waals surface area contributed by atoms with Gasteiger partial charge in [0.25, 0.3) is 0 Å². The van der Waals surface area contributed by atoms with Crippen molar-refractivity contribution in [3.63, 3.8) is 0 Å². The first kappa shape index (κ1) is 24.4. The van der Waals surface area contributed by atoms with Crippen molar-refractivity contribution < 1.29 is 0 Å². The number of hydrogen-bond donors (Lipinski definition) is 0. The van der Waals surface area contributed by atoms with Crippen LogP contribution in [0.4, 0.5) is 0 Å². The summed E-state index contributed by atoms with van der Waals surface area (Å²) in [6.45, 7) is 6.37. The van der Waals surface area contributed by atoms with E-state index in [1.807, 2.05) is 0 Å². The standard InChI is InChI=1S/C37H28N2S/c1-23-4-10-26(11-5-23)30-22-29-16-17-32(38-29)36(27-12-6-24(2)7-13-27)34-20-21-35(40-34)37(33-19-18-31(30)39-33)28-14-8-25(3)9-15-28/h4-22H,1-3H3. The summed E-state index contributed by atoms with van der Waals surface area (Å²) in [5, 5.41) is 0. The van der Waals surface area contributed by atoms with E-state index in [1.165, 1.54) is 37.2 Å².